The fourth-order valence-corrected chi connectivity index (χ4v) is 10.3. The molecule has 3 atom stereocenters. The van der Waals surface area contributed by atoms with Crippen molar-refractivity contribution >= 4 is 13.7 Å². The van der Waals surface area contributed by atoms with Gasteiger partial charge in [-0.3, -0.25) is 13.8 Å². The molecule has 0 saturated carbocycles. The van der Waals surface area contributed by atoms with Crippen molar-refractivity contribution in [2.45, 2.75) is 309 Å². The van der Waals surface area contributed by atoms with Gasteiger partial charge in [0.2, 0.25) is 5.91 Å². The molecule has 1 amide bonds. The van der Waals surface area contributed by atoms with E-state index in [0.29, 0.717) is 17.4 Å². The summed E-state index contributed by atoms with van der Waals surface area (Å²) in [5, 5.41) is 14.0. The second kappa shape index (κ2) is 61.0. The topological polar surface area (TPSA) is 105 Å². The highest BCUT2D eigenvalue weighted by Crippen LogP contribution is 2.43. The number of aliphatic hydroxyl groups excluding tert-OH is 1. The zero-order chi connectivity index (χ0) is 58.4. The van der Waals surface area contributed by atoms with Crippen molar-refractivity contribution in [3.8, 4) is 0 Å². The van der Waals surface area contributed by atoms with E-state index in [1.807, 2.05) is 27.2 Å². The average molecular weight is 1140 g/mol. The van der Waals surface area contributed by atoms with Crippen LogP contribution < -0.4 is 5.32 Å². The third-order valence-electron chi connectivity index (χ3n) is 14.8. The summed E-state index contributed by atoms with van der Waals surface area (Å²) in [6, 6.07) is -0.878. The summed E-state index contributed by atoms with van der Waals surface area (Å²) in [5.41, 5.74) is 0. The predicted octanol–water partition coefficient (Wildman–Crippen LogP) is 21.3. The maximum absolute atomic E-state index is 13.0. The summed E-state index contributed by atoms with van der Waals surface area (Å²) in [4.78, 5) is 23.4. The highest BCUT2D eigenvalue weighted by Gasteiger charge is 2.28. The van der Waals surface area contributed by atoms with E-state index in [2.05, 4.69) is 104 Å². The van der Waals surface area contributed by atoms with Crippen LogP contribution in [0.25, 0.3) is 0 Å². The van der Waals surface area contributed by atoms with Gasteiger partial charge in [0, 0.05) is 6.42 Å². The normalized spacial score (nSPS) is 14.3. The molecule has 8 nitrogen and oxygen atoms in total. The van der Waals surface area contributed by atoms with Gasteiger partial charge in [0.15, 0.2) is 0 Å². The molecule has 0 aromatic heterocycles. The molecule has 0 aromatic carbocycles. The number of unbranched alkanes of at least 4 members (excludes halogenated alkanes) is 34. The first-order chi connectivity index (χ1) is 39.0. The fourth-order valence-electron chi connectivity index (χ4n) is 9.57. The van der Waals surface area contributed by atoms with Crippen LogP contribution in [0, 0.1) is 0 Å². The molecule has 0 fully saturated rings. The first kappa shape index (κ1) is 77.4. The van der Waals surface area contributed by atoms with Gasteiger partial charge in [0.1, 0.15) is 13.2 Å². The average Bonchev–Trinajstić information content (AvgIpc) is 3.42. The molecule has 0 saturated heterocycles. The Labute approximate surface area is 496 Å². The Hall–Kier alpha value is -2.58. The van der Waals surface area contributed by atoms with Crippen LogP contribution in [0.1, 0.15) is 296 Å². The Kier molecular flexibility index (Phi) is 59.0. The summed E-state index contributed by atoms with van der Waals surface area (Å²) in [6.07, 6.45) is 88.3. The number of rotatable bonds is 61. The van der Waals surface area contributed by atoms with E-state index in [-0.39, 0.29) is 19.1 Å². The zero-order valence-corrected chi connectivity index (χ0v) is 53.9. The lowest BCUT2D eigenvalue weighted by Gasteiger charge is -2.25. The van der Waals surface area contributed by atoms with Crippen molar-refractivity contribution in [2.75, 3.05) is 40.9 Å². The van der Waals surface area contributed by atoms with Crippen molar-refractivity contribution < 1.29 is 32.9 Å². The summed E-state index contributed by atoms with van der Waals surface area (Å²) >= 11 is 0. The van der Waals surface area contributed by atoms with E-state index in [4.69, 9.17) is 9.05 Å². The van der Waals surface area contributed by atoms with Gasteiger partial charge in [-0.2, -0.15) is 0 Å². The maximum atomic E-state index is 13.0. The molecule has 0 rings (SSSR count). The Morgan fingerprint density at radius 2 is 0.762 bits per heavy atom. The smallest absolute Gasteiger partial charge is 0.387 e. The van der Waals surface area contributed by atoms with E-state index in [1.165, 1.54) is 199 Å². The molecule has 3 unspecified atom stereocenters. The lowest BCUT2D eigenvalue weighted by Crippen LogP contribution is -2.45. The van der Waals surface area contributed by atoms with Crippen LogP contribution in [-0.2, 0) is 18.4 Å². The minimum atomic E-state index is -4.37. The van der Waals surface area contributed by atoms with Crippen molar-refractivity contribution in [2.24, 2.45) is 0 Å². The number of phosphoric ester groups is 1. The Balaban J connectivity index is 4.18. The number of hydrogen-bond donors (Lipinski definition) is 3. The predicted molar refractivity (Wildman–Crippen MR) is 350 cm³/mol. The van der Waals surface area contributed by atoms with Crippen LogP contribution in [0.5, 0.6) is 0 Å². The molecule has 0 radical (unpaired) electrons. The zero-order valence-electron chi connectivity index (χ0n) is 53.0. The third kappa shape index (κ3) is 63.0. The standard InChI is InChI=1S/C71H129N2O6P/c1-6-8-10-12-14-16-18-20-22-24-26-28-30-32-34-36-38-40-42-44-46-48-50-52-54-56-58-60-62-64-70(74)69(68-79-80(76,77)78-67-66-73(3,4)5)72-71(75)65-63-61-59-57-55-53-51-49-47-45-43-41-39-37-35-33-31-29-27-25-23-21-19-17-15-13-11-9-7-2/h9,11,15,17,21,23,27,29,33,35,46,48,54,56,62,64,69-70,74H,6-8,10,12-14,16,18-20,22,24-26,28,30-32,34,36-45,47,49-53,55,57-61,63,65-68H2,1-5H3,(H-,72,75,76,77)/p+1/b11-9-,17-15-,23-21-,29-27-,35-33-,48-46+,56-54+,64-62+. The number of amides is 1. The van der Waals surface area contributed by atoms with Crippen molar-refractivity contribution in [1.29, 1.82) is 0 Å². The maximum Gasteiger partial charge on any atom is 0.472 e. The molecule has 0 heterocycles. The quantitative estimate of drug-likeness (QED) is 0.0243. The number of likely N-dealkylation sites (N-methyl/N-ethyl adjacent to an activating group) is 1. The molecule has 3 N–H and O–H groups in total. The van der Waals surface area contributed by atoms with Gasteiger partial charge in [-0.05, 0) is 89.9 Å². The second-order valence-corrected chi connectivity index (χ2v) is 25.3. The van der Waals surface area contributed by atoms with E-state index in [9.17, 15) is 19.4 Å². The van der Waals surface area contributed by atoms with Crippen LogP contribution in [0.15, 0.2) is 97.2 Å². The van der Waals surface area contributed by atoms with E-state index in [0.717, 1.165) is 77.0 Å². The number of phosphoric acid groups is 1. The molecule has 464 valence electrons. The lowest BCUT2D eigenvalue weighted by molar-refractivity contribution is -0.870. The van der Waals surface area contributed by atoms with Crippen LogP contribution in [0.2, 0.25) is 0 Å². The number of carbonyl (C=O) groups excluding carboxylic acids is 1. The van der Waals surface area contributed by atoms with Gasteiger partial charge in [-0.1, -0.05) is 297 Å². The van der Waals surface area contributed by atoms with Crippen LogP contribution in [0.3, 0.4) is 0 Å². The molecule has 0 aliphatic carbocycles. The van der Waals surface area contributed by atoms with Crippen molar-refractivity contribution in [1.82, 2.24) is 5.32 Å². The lowest BCUT2D eigenvalue weighted by atomic mass is 10.0. The summed E-state index contributed by atoms with van der Waals surface area (Å²) < 4.78 is 23.8. The Morgan fingerprint density at radius 3 is 1.15 bits per heavy atom. The van der Waals surface area contributed by atoms with Crippen molar-refractivity contribution in [3.05, 3.63) is 97.2 Å². The molecule has 0 aliphatic rings. The van der Waals surface area contributed by atoms with Crippen molar-refractivity contribution in [3.63, 3.8) is 0 Å². The van der Waals surface area contributed by atoms with Gasteiger partial charge in [0.25, 0.3) is 0 Å². The van der Waals surface area contributed by atoms with Crippen LogP contribution >= 0.6 is 7.82 Å². The van der Waals surface area contributed by atoms with E-state index in [1.54, 1.807) is 6.08 Å². The monoisotopic (exact) mass is 1140 g/mol. The highest BCUT2D eigenvalue weighted by molar-refractivity contribution is 7.47. The number of aliphatic hydroxyl groups is 1. The van der Waals surface area contributed by atoms with Gasteiger partial charge in [0.05, 0.1) is 39.9 Å². The molecule has 0 aliphatic heterocycles. The number of allylic oxidation sites excluding steroid dienone is 15. The minimum absolute atomic E-state index is 0.0497. The van der Waals surface area contributed by atoms with Gasteiger partial charge >= 0.3 is 7.82 Å². The second-order valence-electron chi connectivity index (χ2n) is 23.8. The largest absolute Gasteiger partial charge is 0.472 e. The number of nitrogens with one attached hydrogen (secondary N) is 1. The first-order valence-electron chi connectivity index (χ1n) is 33.6. The number of carbonyl (C=O) groups is 1. The molecule has 0 bridgehead atoms. The van der Waals surface area contributed by atoms with Crippen LogP contribution in [-0.4, -0.2) is 73.4 Å². The molecular weight excluding hydrogens is 1010 g/mol. The molecule has 9 heteroatoms. The van der Waals surface area contributed by atoms with Crippen LogP contribution in [0.4, 0.5) is 0 Å². The number of quaternary nitrogens is 1. The van der Waals surface area contributed by atoms with Gasteiger partial charge < -0.3 is 19.8 Å². The Morgan fingerprint density at radius 1 is 0.438 bits per heavy atom. The highest BCUT2D eigenvalue weighted by atomic mass is 31.2. The third-order valence-corrected chi connectivity index (χ3v) is 15.7. The molecular formula is C71H130N2O6P+. The SMILES string of the molecule is CC/C=C\C/C=C\C/C=C\C/C=C\C/C=C\CCCCCCCCCCCCCCCC(=O)NC(COP(=O)(O)OCC[N+](C)(C)C)C(O)/C=C/CC/C=C/CC/C=C/CCCCCCCCCCCCCCCCCCCCC. The summed E-state index contributed by atoms with van der Waals surface area (Å²) in [7, 11) is 1.54. The number of nitrogens with zero attached hydrogens (tertiary/aromatic N) is 1. The first-order valence-corrected chi connectivity index (χ1v) is 35.1. The molecule has 0 aromatic rings. The number of hydrogen-bond acceptors (Lipinski definition) is 5. The van der Waals surface area contributed by atoms with Gasteiger partial charge in [-0.25, -0.2) is 4.57 Å². The fraction of sp³-hybridized carbons (Fsp3) is 0.761. The minimum Gasteiger partial charge on any atom is -0.387 e. The van der Waals surface area contributed by atoms with E-state index >= 15 is 0 Å². The summed E-state index contributed by atoms with van der Waals surface area (Å²) in [5.74, 6) is -0.193. The summed E-state index contributed by atoms with van der Waals surface area (Å²) in [6.45, 7) is 4.70. The van der Waals surface area contributed by atoms with E-state index < -0.39 is 20.0 Å². The Bertz CT molecular complexity index is 1620. The van der Waals surface area contributed by atoms with Gasteiger partial charge in [-0.15, -0.1) is 0 Å². The molecule has 80 heavy (non-hydrogen) atoms. The molecule has 0 spiro atoms.